The van der Waals surface area contributed by atoms with Gasteiger partial charge in [0.1, 0.15) is 5.75 Å². The molecule has 1 rings (SSSR count). The molecule has 0 spiro atoms. The molecule has 0 saturated heterocycles. The van der Waals surface area contributed by atoms with E-state index >= 15 is 0 Å². The molecule has 0 bridgehead atoms. The first kappa shape index (κ1) is 20.8. The van der Waals surface area contributed by atoms with Crippen LogP contribution in [0.4, 0.5) is 13.2 Å². The van der Waals surface area contributed by atoms with Gasteiger partial charge in [-0.2, -0.15) is 0 Å². The van der Waals surface area contributed by atoms with Crippen molar-refractivity contribution in [2.45, 2.75) is 59.6 Å². The van der Waals surface area contributed by atoms with Gasteiger partial charge in [-0.15, -0.1) is 13.2 Å². The summed E-state index contributed by atoms with van der Waals surface area (Å²) >= 11 is 0. The van der Waals surface area contributed by atoms with Crippen LogP contribution >= 0.6 is 0 Å². The highest BCUT2D eigenvalue weighted by molar-refractivity contribution is 5.30. The Hall–Kier alpha value is -1.27. The minimum Gasteiger partial charge on any atom is -0.465 e. The number of hydrogen-bond donors (Lipinski definition) is 0. The molecule has 0 aliphatic heterocycles. The van der Waals surface area contributed by atoms with Crippen molar-refractivity contribution in [2.24, 2.45) is 5.41 Å². The van der Waals surface area contributed by atoms with Crippen LogP contribution in [-0.4, -0.2) is 25.9 Å². The van der Waals surface area contributed by atoms with Gasteiger partial charge in [-0.3, -0.25) is 4.74 Å². The molecule has 0 fully saturated rings. The van der Waals surface area contributed by atoms with Gasteiger partial charge in [0.05, 0.1) is 13.2 Å². The van der Waals surface area contributed by atoms with Crippen LogP contribution in [-0.2, 0) is 9.47 Å². The molecular weight excluding hydrogens is 321 g/mol. The van der Waals surface area contributed by atoms with E-state index in [1.54, 1.807) is 6.92 Å². The first-order chi connectivity index (χ1) is 11.0. The van der Waals surface area contributed by atoms with Gasteiger partial charge < -0.3 is 9.47 Å². The fourth-order valence-corrected chi connectivity index (χ4v) is 2.72. The van der Waals surface area contributed by atoms with Crippen LogP contribution in [0.15, 0.2) is 24.3 Å². The van der Waals surface area contributed by atoms with Crippen LogP contribution < -0.4 is 4.74 Å². The van der Waals surface area contributed by atoms with Crippen molar-refractivity contribution < 1.29 is 27.4 Å². The first-order valence-electron chi connectivity index (χ1n) is 8.12. The molecule has 2 unspecified atom stereocenters. The standard InChI is InChI=1S/C18H27F3O3/c1-6-16(17(3,4)5)14-7-9-15(10-8-14)24-13(2)22-11-12-23-18(19,20)21/h7-10,13,16H,6,11-12H2,1-5H3. The Morgan fingerprint density at radius 1 is 1.00 bits per heavy atom. The summed E-state index contributed by atoms with van der Waals surface area (Å²) in [5, 5.41) is 0. The maximum atomic E-state index is 11.8. The lowest BCUT2D eigenvalue weighted by atomic mass is 9.75. The van der Waals surface area contributed by atoms with E-state index in [1.807, 2.05) is 24.3 Å². The van der Waals surface area contributed by atoms with E-state index in [9.17, 15) is 13.2 Å². The van der Waals surface area contributed by atoms with Gasteiger partial charge in [-0.25, -0.2) is 0 Å². The molecule has 24 heavy (non-hydrogen) atoms. The van der Waals surface area contributed by atoms with Crippen molar-refractivity contribution in [2.75, 3.05) is 13.2 Å². The predicted molar refractivity (Wildman–Crippen MR) is 87.0 cm³/mol. The zero-order valence-corrected chi connectivity index (χ0v) is 14.9. The number of rotatable bonds is 8. The van der Waals surface area contributed by atoms with Crippen LogP contribution in [0.25, 0.3) is 0 Å². The van der Waals surface area contributed by atoms with E-state index in [0.29, 0.717) is 11.7 Å². The van der Waals surface area contributed by atoms with Gasteiger partial charge in [-0.05, 0) is 42.4 Å². The quantitative estimate of drug-likeness (QED) is 0.458. The fourth-order valence-electron chi connectivity index (χ4n) is 2.72. The van der Waals surface area contributed by atoms with Gasteiger partial charge >= 0.3 is 6.36 Å². The second kappa shape index (κ2) is 8.72. The zero-order chi connectivity index (χ0) is 18.4. The van der Waals surface area contributed by atoms with Crippen molar-refractivity contribution in [1.82, 2.24) is 0 Å². The van der Waals surface area contributed by atoms with E-state index in [2.05, 4.69) is 32.4 Å². The Kier molecular flexibility index (Phi) is 7.55. The molecule has 0 radical (unpaired) electrons. The molecule has 0 amide bonds. The maximum Gasteiger partial charge on any atom is 0.522 e. The molecule has 0 saturated carbocycles. The summed E-state index contributed by atoms with van der Waals surface area (Å²) < 4.78 is 49.8. The molecule has 2 atom stereocenters. The summed E-state index contributed by atoms with van der Waals surface area (Å²) in [6, 6.07) is 7.76. The van der Waals surface area contributed by atoms with Crippen LogP contribution in [0.3, 0.4) is 0 Å². The van der Waals surface area contributed by atoms with E-state index in [0.717, 1.165) is 6.42 Å². The number of benzene rings is 1. The fraction of sp³-hybridized carbons (Fsp3) is 0.667. The van der Waals surface area contributed by atoms with Crippen LogP contribution in [0.2, 0.25) is 0 Å². The Labute approximate surface area is 142 Å². The lowest BCUT2D eigenvalue weighted by Gasteiger charge is -2.30. The molecule has 1 aromatic rings. The molecule has 0 aromatic heterocycles. The molecule has 138 valence electrons. The minimum absolute atomic E-state index is 0.173. The molecular formula is C18H27F3O3. The van der Waals surface area contributed by atoms with Gasteiger partial charge in [0.25, 0.3) is 0 Å². The van der Waals surface area contributed by atoms with Gasteiger partial charge in [0.2, 0.25) is 0 Å². The summed E-state index contributed by atoms with van der Waals surface area (Å²) in [7, 11) is 0. The average Bonchev–Trinajstić information content (AvgIpc) is 2.44. The highest BCUT2D eigenvalue weighted by atomic mass is 19.4. The summed E-state index contributed by atoms with van der Waals surface area (Å²) in [4.78, 5) is 0. The number of hydrogen-bond acceptors (Lipinski definition) is 3. The Morgan fingerprint density at radius 3 is 2.04 bits per heavy atom. The summed E-state index contributed by atoms with van der Waals surface area (Å²) in [5.74, 6) is 1.06. The maximum absolute atomic E-state index is 11.8. The Balaban J connectivity index is 2.49. The van der Waals surface area contributed by atoms with Crippen molar-refractivity contribution in [1.29, 1.82) is 0 Å². The largest absolute Gasteiger partial charge is 0.522 e. The van der Waals surface area contributed by atoms with E-state index in [-0.39, 0.29) is 12.0 Å². The van der Waals surface area contributed by atoms with Crippen LogP contribution in [0.1, 0.15) is 52.5 Å². The predicted octanol–water partition coefficient (Wildman–Crippen LogP) is 5.50. The number of halogens is 3. The summed E-state index contributed by atoms with van der Waals surface area (Å²) in [6.45, 7) is 9.69. The second-order valence-electron chi connectivity index (χ2n) is 6.75. The Bertz CT molecular complexity index is 478. The van der Waals surface area contributed by atoms with Gasteiger partial charge in [-0.1, -0.05) is 39.8 Å². The van der Waals surface area contributed by atoms with Crippen molar-refractivity contribution in [3.05, 3.63) is 29.8 Å². The average molecular weight is 348 g/mol. The third-order valence-electron chi connectivity index (χ3n) is 3.74. The van der Waals surface area contributed by atoms with E-state index < -0.39 is 19.3 Å². The van der Waals surface area contributed by atoms with Crippen molar-refractivity contribution >= 4 is 0 Å². The molecule has 3 nitrogen and oxygen atoms in total. The SMILES string of the molecule is CCC(c1ccc(OC(C)OCCOC(F)(F)F)cc1)C(C)(C)C. The molecule has 0 aliphatic carbocycles. The van der Waals surface area contributed by atoms with Gasteiger partial charge in [0, 0.05) is 0 Å². The normalized spacial score (nSPS) is 15.2. The molecule has 0 aliphatic rings. The monoisotopic (exact) mass is 348 g/mol. The van der Waals surface area contributed by atoms with E-state index in [4.69, 9.17) is 9.47 Å². The highest BCUT2D eigenvalue weighted by Crippen LogP contribution is 2.37. The summed E-state index contributed by atoms with van der Waals surface area (Å²) in [6.07, 6.45) is -4.24. The van der Waals surface area contributed by atoms with Gasteiger partial charge in [0.15, 0.2) is 6.29 Å². The molecule has 6 heteroatoms. The lowest BCUT2D eigenvalue weighted by Crippen LogP contribution is -2.22. The summed E-state index contributed by atoms with van der Waals surface area (Å²) in [5.41, 5.74) is 1.41. The minimum atomic E-state index is -4.63. The molecule has 1 aromatic carbocycles. The van der Waals surface area contributed by atoms with E-state index in [1.165, 1.54) is 5.56 Å². The smallest absolute Gasteiger partial charge is 0.465 e. The van der Waals surface area contributed by atoms with Crippen molar-refractivity contribution in [3.8, 4) is 5.75 Å². The van der Waals surface area contributed by atoms with Crippen LogP contribution in [0, 0.1) is 5.41 Å². The second-order valence-corrected chi connectivity index (χ2v) is 6.75. The number of alkyl halides is 3. The topological polar surface area (TPSA) is 27.7 Å². The Morgan fingerprint density at radius 2 is 1.58 bits per heavy atom. The molecule has 0 heterocycles. The third-order valence-corrected chi connectivity index (χ3v) is 3.74. The van der Waals surface area contributed by atoms with Crippen LogP contribution in [0.5, 0.6) is 5.75 Å². The lowest BCUT2D eigenvalue weighted by molar-refractivity contribution is -0.328. The number of ether oxygens (including phenoxy) is 3. The van der Waals surface area contributed by atoms with Crippen molar-refractivity contribution in [3.63, 3.8) is 0 Å². The first-order valence-corrected chi connectivity index (χ1v) is 8.12. The third kappa shape index (κ3) is 7.53. The zero-order valence-electron chi connectivity index (χ0n) is 14.9. The molecule has 0 N–H and O–H groups in total. The highest BCUT2D eigenvalue weighted by Gasteiger charge is 2.28.